The molecule has 3 rings (SSSR count). The fraction of sp³-hybridized carbons (Fsp3) is 0.296. The Balaban J connectivity index is 1.41. The fourth-order valence-electron chi connectivity index (χ4n) is 3.05. The van der Waals surface area contributed by atoms with Crippen LogP contribution in [0.1, 0.15) is 23.1 Å². The highest BCUT2D eigenvalue weighted by Gasteiger charge is 2.15. The van der Waals surface area contributed by atoms with Gasteiger partial charge in [-0.15, -0.1) is 0 Å². The van der Waals surface area contributed by atoms with E-state index in [2.05, 4.69) is 72.8 Å². The molecule has 5 heteroatoms. The van der Waals surface area contributed by atoms with Crippen LogP contribution in [0.25, 0.3) is 0 Å². The first-order chi connectivity index (χ1) is 15.8. The molecule has 0 aromatic heterocycles. The third kappa shape index (κ3) is 10.2. The molecule has 3 aromatic rings. The lowest BCUT2D eigenvalue weighted by molar-refractivity contribution is -0.146. The summed E-state index contributed by atoms with van der Waals surface area (Å²) in [6, 6.07) is 31.3. The van der Waals surface area contributed by atoms with E-state index >= 15 is 0 Å². The zero-order valence-corrected chi connectivity index (χ0v) is 20.7. The first-order valence-corrected chi connectivity index (χ1v) is 14.3. The smallest absolute Gasteiger partial charge is 0.306 e. The summed E-state index contributed by atoms with van der Waals surface area (Å²) >= 11 is 5.45. The molecule has 32 heavy (non-hydrogen) atoms. The Morgan fingerprint density at radius 3 is 1.47 bits per heavy atom. The molecule has 0 unspecified atom stereocenters. The summed E-state index contributed by atoms with van der Waals surface area (Å²) in [5.41, 5.74) is 3.90. The molecule has 3 aromatic carbocycles. The predicted octanol–water partition coefficient (Wildman–Crippen LogP) is 7.09. The highest BCUT2D eigenvalue weighted by atomic mass is 32.2. The number of hydrogen-bond donors (Lipinski definition) is 0. The number of rotatable bonds is 14. The summed E-state index contributed by atoms with van der Waals surface area (Å²) in [6.07, 6.45) is 0.393. The quantitative estimate of drug-likeness (QED) is 0.181. The molecule has 2 nitrogen and oxygen atoms in total. The number of esters is 1. The number of hydrogen-bond acceptors (Lipinski definition) is 5. The van der Waals surface area contributed by atoms with E-state index in [1.807, 2.05) is 41.7 Å². The van der Waals surface area contributed by atoms with Crippen molar-refractivity contribution in [1.29, 1.82) is 0 Å². The molecule has 0 N–H and O–H groups in total. The van der Waals surface area contributed by atoms with Gasteiger partial charge < -0.3 is 4.74 Å². The molecular formula is C27H30O2S3. The summed E-state index contributed by atoms with van der Waals surface area (Å²) in [5.74, 6) is 5.14. The minimum atomic E-state index is -0.0869. The lowest BCUT2D eigenvalue weighted by Gasteiger charge is -2.18. The van der Waals surface area contributed by atoms with Crippen molar-refractivity contribution >= 4 is 41.3 Å². The Labute approximate surface area is 204 Å². The second-order valence-electron chi connectivity index (χ2n) is 7.40. The van der Waals surface area contributed by atoms with E-state index in [1.54, 1.807) is 11.8 Å². The maximum atomic E-state index is 12.5. The molecule has 0 aliphatic heterocycles. The van der Waals surface area contributed by atoms with Crippen LogP contribution in [-0.2, 0) is 26.8 Å². The summed E-state index contributed by atoms with van der Waals surface area (Å²) in [7, 11) is 0. The van der Waals surface area contributed by atoms with E-state index in [1.165, 1.54) is 16.7 Å². The van der Waals surface area contributed by atoms with Crippen LogP contribution in [0, 0.1) is 0 Å². The fourth-order valence-corrected chi connectivity index (χ4v) is 6.07. The Bertz CT molecular complexity index is 843. The van der Waals surface area contributed by atoms with Gasteiger partial charge in [0.25, 0.3) is 0 Å². The van der Waals surface area contributed by atoms with Gasteiger partial charge in [-0.3, -0.25) is 4.79 Å². The van der Waals surface area contributed by atoms with Gasteiger partial charge in [-0.1, -0.05) is 91.0 Å². The second-order valence-corrected chi connectivity index (χ2v) is 10.6. The van der Waals surface area contributed by atoms with Crippen molar-refractivity contribution in [1.82, 2.24) is 0 Å². The van der Waals surface area contributed by atoms with Crippen molar-refractivity contribution < 1.29 is 9.53 Å². The largest absolute Gasteiger partial charge is 0.461 e. The van der Waals surface area contributed by atoms with E-state index in [0.717, 1.165) is 34.5 Å². The standard InChI is InChI=1S/C27H30O2S3/c28-27(16-17-30-18-23-10-4-1-5-11-23)29-26(21-31-19-24-12-6-2-7-13-24)22-32-20-25-14-8-3-9-15-25/h1-15,26H,16-22H2. The number of carbonyl (C=O) groups excluding carboxylic acids is 1. The van der Waals surface area contributed by atoms with Gasteiger partial charge in [-0.2, -0.15) is 35.3 Å². The zero-order valence-electron chi connectivity index (χ0n) is 18.2. The minimum Gasteiger partial charge on any atom is -0.461 e. The van der Waals surface area contributed by atoms with Crippen LogP contribution in [0.3, 0.4) is 0 Å². The maximum absolute atomic E-state index is 12.5. The van der Waals surface area contributed by atoms with Gasteiger partial charge in [0.2, 0.25) is 0 Å². The molecule has 0 bridgehead atoms. The van der Waals surface area contributed by atoms with Crippen LogP contribution in [0.4, 0.5) is 0 Å². The predicted molar refractivity (Wildman–Crippen MR) is 142 cm³/mol. The molecule has 0 atom stereocenters. The van der Waals surface area contributed by atoms with Crippen LogP contribution < -0.4 is 0 Å². The molecule has 0 aliphatic carbocycles. The highest BCUT2D eigenvalue weighted by Crippen LogP contribution is 2.20. The molecule has 0 radical (unpaired) electrons. The van der Waals surface area contributed by atoms with Crippen LogP contribution >= 0.6 is 35.3 Å². The van der Waals surface area contributed by atoms with Gasteiger partial charge in [0.05, 0.1) is 6.42 Å². The van der Waals surface area contributed by atoms with Gasteiger partial charge >= 0.3 is 5.97 Å². The molecule has 0 fully saturated rings. The first-order valence-electron chi connectivity index (χ1n) is 10.8. The van der Waals surface area contributed by atoms with E-state index in [0.29, 0.717) is 6.42 Å². The Morgan fingerprint density at radius 2 is 1.03 bits per heavy atom. The average Bonchev–Trinajstić information content (AvgIpc) is 2.84. The Morgan fingerprint density at radius 1 is 0.625 bits per heavy atom. The van der Waals surface area contributed by atoms with Gasteiger partial charge in [0.15, 0.2) is 0 Å². The van der Waals surface area contributed by atoms with Crippen molar-refractivity contribution in [2.75, 3.05) is 17.3 Å². The van der Waals surface area contributed by atoms with Gasteiger partial charge in [0.1, 0.15) is 6.10 Å². The topological polar surface area (TPSA) is 26.3 Å². The van der Waals surface area contributed by atoms with Crippen LogP contribution in [0.2, 0.25) is 0 Å². The summed E-state index contributed by atoms with van der Waals surface area (Å²) in [5, 5.41) is 0. The van der Waals surface area contributed by atoms with Gasteiger partial charge in [-0.05, 0) is 16.7 Å². The van der Waals surface area contributed by atoms with Gasteiger partial charge in [0, 0.05) is 34.5 Å². The molecule has 0 amide bonds. The molecule has 0 heterocycles. The number of benzene rings is 3. The maximum Gasteiger partial charge on any atom is 0.306 e. The second kappa shape index (κ2) is 15.1. The Kier molecular flexibility index (Phi) is 11.7. The molecular weight excluding hydrogens is 452 g/mol. The molecule has 0 spiro atoms. The van der Waals surface area contributed by atoms with Crippen LogP contribution in [0.15, 0.2) is 91.0 Å². The summed E-state index contributed by atoms with van der Waals surface area (Å²) in [4.78, 5) is 12.5. The van der Waals surface area contributed by atoms with E-state index in [-0.39, 0.29) is 12.1 Å². The highest BCUT2D eigenvalue weighted by molar-refractivity contribution is 7.99. The summed E-state index contributed by atoms with van der Waals surface area (Å²) in [6.45, 7) is 0. The summed E-state index contributed by atoms with van der Waals surface area (Å²) < 4.78 is 5.88. The zero-order chi connectivity index (χ0) is 22.3. The van der Waals surface area contributed by atoms with Crippen molar-refractivity contribution in [2.24, 2.45) is 0 Å². The molecule has 168 valence electrons. The van der Waals surface area contributed by atoms with Gasteiger partial charge in [-0.25, -0.2) is 0 Å². The number of thioether (sulfide) groups is 3. The number of ether oxygens (including phenoxy) is 1. The van der Waals surface area contributed by atoms with E-state index < -0.39 is 0 Å². The van der Waals surface area contributed by atoms with Crippen molar-refractivity contribution in [3.05, 3.63) is 108 Å². The molecule has 0 saturated carbocycles. The average molecular weight is 483 g/mol. The normalized spacial score (nSPS) is 10.9. The minimum absolute atomic E-state index is 0.0657. The third-order valence-electron chi connectivity index (χ3n) is 4.69. The van der Waals surface area contributed by atoms with Crippen LogP contribution in [-0.4, -0.2) is 29.3 Å². The van der Waals surface area contributed by atoms with E-state index in [9.17, 15) is 4.79 Å². The van der Waals surface area contributed by atoms with Crippen molar-refractivity contribution in [3.8, 4) is 0 Å². The monoisotopic (exact) mass is 482 g/mol. The third-order valence-corrected chi connectivity index (χ3v) is 8.01. The van der Waals surface area contributed by atoms with Crippen molar-refractivity contribution in [3.63, 3.8) is 0 Å². The van der Waals surface area contributed by atoms with Crippen LogP contribution in [0.5, 0.6) is 0 Å². The first kappa shape index (κ1) is 24.8. The van der Waals surface area contributed by atoms with E-state index in [4.69, 9.17) is 4.74 Å². The Hall–Kier alpha value is -1.82. The molecule has 0 saturated heterocycles. The van der Waals surface area contributed by atoms with Crippen molar-refractivity contribution in [2.45, 2.75) is 29.8 Å². The number of carbonyl (C=O) groups is 1. The lowest BCUT2D eigenvalue weighted by atomic mass is 10.2. The SMILES string of the molecule is O=C(CCSCc1ccccc1)OC(CSCc1ccccc1)CSCc1ccccc1. The lowest BCUT2D eigenvalue weighted by Crippen LogP contribution is -2.23. The molecule has 0 aliphatic rings.